The lowest BCUT2D eigenvalue weighted by Crippen LogP contribution is -2.25. The Morgan fingerprint density at radius 3 is 2.82 bits per heavy atom. The van der Waals surface area contributed by atoms with E-state index in [1.54, 1.807) is 6.07 Å². The van der Waals surface area contributed by atoms with Gasteiger partial charge in [0.1, 0.15) is 11.5 Å². The Kier molecular flexibility index (Phi) is 1.75. The summed E-state index contributed by atoms with van der Waals surface area (Å²) in [5, 5.41) is 0.502. The molecule has 1 saturated heterocycles. The molecule has 2 heterocycles. The zero-order valence-corrected chi connectivity index (χ0v) is 6.58. The molecule has 0 aromatic carbocycles. The van der Waals surface area contributed by atoms with Crippen molar-refractivity contribution in [3.8, 4) is 0 Å². The van der Waals surface area contributed by atoms with Gasteiger partial charge in [-0.1, -0.05) is 11.6 Å². The second kappa shape index (κ2) is 2.75. The standard InChI is InChI=1S/C7H7ClN2O/c8-7-1-6(9-4-10-7)5-2-11-3-5/h1,4-5H,2-3H2. The van der Waals surface area contributed by atoms with E-state index in [0.29, 0.717) is 11.1 Å². The van der Waals surface area contributed by atoms with Crippen molar-refractivity contribution in [2.45, 2.75) is 5.92 Å². The van der Waals surface area contributed by atoms with Crippen molar-refractivity contribution in [2.75, 3.05) is 13.2 Å². The predicted molar refractivity (Wildman–Crippen MR) is 40.6 cm³/mol. The molecule has 1 aromatic heterocycles. The second-order valence-electron chi connectivity index (χ2n) is 2.50. The molecule has 0 radical (unpaired) electrons. The lowest BCUT2D eigenvalue weighted by atomic mass is 10.0. The highest BCUT2D eigenvalue weighted by molar-refractivity contribution is 6.29. The number of rotatable bonds is 1. The van der Waals surface area contributed by atoms with Crippen molar-refractivity contribution in [1.82, 2.24) is 9.97 Å². The molecule has 0 bridgehead atoms. The SMILES string of the molecule is Clc1cc(C2COC2)ncn1. The first-order valence-corrected chi connectivity index (χ1v) is 3.79. The van der Waals surface area contributed by atoms with Crippen LogP contribution in [0.5, 0.6) is 0 Å². The summed E-state index contributed by atoms with van der Waals surface area (Å²) in [5.41, 5.74) is 0.983. The Balaban J connectivity index is 2.23. The van der Waals surface area contributed by atoms with Gasteiger partial charge in [0.15, 0.2) is 0 Å². The fourth-order valence-corrected chi connectivity index (χ4v) is 1.13. The highest BCUT2D eigenvalue weighted by Gasteiger charge is 2.21. The van der Waals surface area contributed by atoms with Gasteiger partial charge in [0.05, 0.1) is 18.9 Å². The summed E-state index contributed by atoms with van der Waals surface area (Å²) in [6, 6.07) is 1.79. The fourth-order valence-electron chi connectivity index (χ4n) is 0.977. The van der Waals surface area contributed by atoms with Crippen LogP contribution in [0.3, 0.4) is 0 Å². The van der Waals surface area contributed by atoms with Gasteiger partial charge in [-0.25, -0.2) is 9.97 Å². The van der Waals surface area contributed by atoms with Gasteiger partial charge in [-0.3, -0.25) is 0 Å². The molecule has 58 valence electrons. The molecule has 0 aliphatic carbocycles. The molecular formula is C7H7ClN2O. The Morgan fingerprint density at radius 2 is 2.27 bits per heavy atom. The van der Waals surface area contributed by atoms with E-state index in [4.69, 9.17) is 16.3 Å². The molecule has 0 unspecified atom stereocenters. The van der Waals surface area contributed by atoms with Crippen LogP contribution in [0, 0.1) is 0 Å². The van der Waals surface area contributed by atoms with Crippen molar-refractivity contribution in [1.29, 1.82) is 0 Å². The van der Waals surface area contributed by atoms with E-state index in [0.717, 1.165) is 18.9 Å². The van der Waals surface area contributed by atoms with Crippen molar-refractivity contribution in [3.05, 3.63) is 23.2 Å². The number of hydrogen-bond acceptors (Lipinski definition) is 3. The maximum absolute atomic E-state index is 5.68. The van der Waals surface area contributed by atoms with Gasteiger partial charge < -0.3 is 4.74 Å². The molecular weight excluding hydrogens is 164 g/mol. The minimum absolute atomic E-state index is 0.426. The van der Waals surface area contributed by atoms with Gasteiger partial charge in [0.2, 0.25) is 0 Å². The third-order valence-corrected chi connectivity index (χ3v) is 1.92. The molecule has 2 rings (SSSR count). The van der Waals surface area contributed by atoms with Crippen LogP contribution >= 0.6 is 11.6 Å². The number of aromatic nitrogens is 2. The van der Waals surface area contributed by atoms with Gasteiger partial charge in [-0.05, 0) is 6.07 Å². The first kappa shape index (κ1) is 7.00. The first-order valence-electron chi connectivity index (χ1n) is 3.41. The first-order chi connectivity index (χ1) is 5.36. The third kappa shape index (κ3) is 1.34. The molecule has 4 heteroatoms. The van der Waals surface area contributed by atoms with E-state index >= 15 is 0 Å². The summed E-state index contributed by atoms with van der Waals surface area (Å²) >= 11 is 5.68. The van der Waals surface area contributed by atoms with Crippen LogP contribution in [0.1, 0.15) is 11.6 Å². The van der Waals surface area contributed by atoms with Crippen LogP contribution in [0.15, 0.2) is 12.4 Å². The average molecular weight is 171 g/mol. The molecule has 0 amide bonds. The Hall–Kier alpha value is -0.670. The second-order valence-corrected chi connectivity index (χ2v) is 2.89. The quantitative estimate of drug-likeness (QED) is 0.595. The maximum atomic E-state index is 5.68. The van der Waals surface area contributed by atoms with E-state index < -0.39 is 0 Å². The normalized spacial score (nSPS) is 17.9. The number of nitrogens with zero attached hydrogens (tertiary/aromatic N) is 2. The molecule has 0 N–H and O–H groups in total. The fraction of sp³-hybridized carbons (Fsp3) is 0.429. The predicted octanol–water partition coefficient (Wildman–Crippen LogP) is 1.24. The lowest BCUT2D eigenvalue weighted by Gasteiger charge is -2.24. The molecule has 0 atom stereocenters. The summed E-state index contributed by atoms with van der Waals surface area (Å²) in [6.07, 6.45) is 1.48. The van der Waals surface area contributed by atoms with E-state index in [1.165, 1.54) is 6.33 Å². The summed E-state index contributed by atoms with van der Waals surface area (Å²) in [6.45, 7) is 1.51. The average Bonchev–Trinajstić information content (AvgIpc) is 1.83. The van der Waals surface area contributed by atoms with Crippen molar-refractivity contribution >= 4 is 11.6 Å². The van der Waals surface area contributed by atoms with Gasteiger partial charge in [0, 0.05) is 5.92 Å². The molecule has 0 spiro atoms. The molecule has 0 saturated carbocycles. The summed E-state index contributed by atoms with van der Waals surface area (Å²) in [4.78, 5) is 7.88. The van der Waals surface area contributed by atoms with Crippen LogP contribution in [0.4, 0.5) is 0 Å². The number of ether oxygens (including phenoxy) is 1. The van der Waals surface area contributed by atoms with E-state index in [9.17, 15) is 0 Å². The van der Waals surface area contributed by atoms with Crippen LogP contribution in [-0.2, 0) is 4.74 Å². The van der Waals surface area contributed by atoms with Crippen LogP contribution in [0.25, 0.3) is 0 Å². The monoisotopic (exact) mass is 170 g/mol. The van der Waals surface area contributed by atoms with E-state index in [-0.39, 0.29) is 0 Å². The summed E-state index contributed by atoms with van der Waals surface area (Å²) in [7, 11) is 0. The minimum Gasteiger partial charge on any atom is -0.380 e. The van der Waals surface area contributed by atoms with Gasteiger partial charge in [0.25, 0.3) is 0 Å². The zero-order valence-electron chi connectivity index (χ0n) is 5.83. The molecule has 3 nitrogen and oxygen atoms in total. The highest BCUT2D eigenvalue weighted by Crippen LogP contribution is 2.22. The van der Waals surface area contributed by atoms with Crippen molar-refractivity contribution in [2.24, 2.45) is 0 Å². The molecule has 1 aliphatic rings. The maximum Gasteiger partial charge on any atom is 0.132 e. The highest BCUT2D eigenvalue weighted by atomic mass is 35.5. The Morgan fingerprint density at radius 1 is 1.45 bits per heavy atom. The van der Waals surface area contributed by atoms with Crippen LogP contribution in [0.2, 0.25) is 5.15 Å². The van der Waals surface area contributed by atoms with E-state index in [1.807, 2.05) is 0 Å². The van der Waals surface area contributed by atoms with Crippen molar-refractivity contribution < 1.29 is 4.74 Å². The summed E-state index contributed by atoms with van der Waals surface area (Å²) in [5.74, 6) is 0.426. The van der Waals surface area contributed by atoms with Gasteiger partial charge >= 0.3 is 0 Å². The smallest absolute Gasteiger partial charge is 0.132 e. The largest absolute Gasteiger partial charge is 0.380 e. The number of halogens is 1. The molecule has 1 aromatic rings. The van der Waals surface area contributed by atoms with Crippen LogP contribution < -0.4 is 0 Å². The van der Waals surface area contributed by atoms with Crippen molar-refractivity contribution in [3.63, 3.8) is 0 Å². The van der Waals surface area contributed by atoms with Gasteiger partial charge in [-0.15, -0.1) is 0 Å². The lowest BCUT2D eigenvalue weighted by molar-refractivity contribution is 0.00666. The topological polar surface area (TPSA) is 35.0 Å². The molecule has 11 heavy (non-hydrogen) atoms. The molecule has 1 fully saturated rings. The third-order valence-electron chi connectivity index (χ3n) is 1.71. The zero-order chi connectivity index (χ0) is 7.68. The van der Waals surface area contributed by atoms with Gasteiger partial charge in [-0.2, -0.15) is 0 Å². The van der Waals surface area contributed by atoms with E-state index in [2.05, 4.69) is 9.97 Å². The minimum atomic E-state index is 0.426. The Labute approximate surface area is 69.4 Å². The number of hydrogen-bond donors (Lipinski definition) is 0. The Bertz CT molecular complexity index is 262. The van der Waals surface area contributed by atoms with Crippen LogP contribution in [-0.4, -0.2) is 23.2 Å². The summed E-state index contributed by atoms with van der Waals surface area (Å²) < 4.78 is 5.03. The molecule has 1 aliphatic heterocycles.